The van der Waals surface area contributed by atoms with Crippen molar-refractivity contribution in [2.45, 2.75) is 20.8 Å². The molecule has 236 valence electrons. The lowest BCUT2D eigenvalue weighted by atomic mass is 10.1. The van der Waals surface area contributed by atoms with Gasteiger partial charge in [-0.1, -0.05) is 104 Å². The van der Waals surface area contributed by atoms with Gasteiger partial charge in [-0.15, -0.1) is 0 Å². The predicted octanol–water partition coefficient (Wildman–Crippen LogP) is 6.09. The van der Waals surface area contributed by atoms with Gasteiger partial charge in [-0.3, -0.25) is 9.59 Å². The predicted molar refractivity (Wildman–Crippen MR) is 169 cm³/mol. The van der Waals surface area contributed by atoms with E-state index in [0.29, 0.717) is 5.57 Å². The minimum Gasteiger partial charge on any atom is -0.466 e. The van der Waals surface area contributed by atoms with Crippen LogP contribution in [-0.2, 0) is 47.7 Å². The summed E-state index contributed by atoms with van der Waals surface area (Å²) < 4.78 is 21.7. The molecular formula is C35H36O10. The molecule has 0 amide bonds. The summed E-state index contributed by atoms with van der Waals surface area (Å²) in [6.07, 6.45) is 1.55. The lowest BCUT2D eigenvalue weighted by molar-refractivity contribution is -0.165. The minimum atomic E-state index is -0.888. The molecule has 4 aromatic rings. The van der Waals surface area contributed by atoms with Crippen LogP contribution in [0.3, 0.4) is 0 Å². The van der Waals surface area contributed by atoms with Crippen molar-refractivity contribution >= 4 is 51.4 Å². The number of carbonyl (C=O) groups excluding carboxylic acids is 5. The summed E-state index contributed by atoms with van der Waals surface area (Å²) in [6, 6.07) is 33.4. The molecule has 10 nitrogen and oxygen atoms in total. The number of carbonyl (C=O) groups is 5. The number of rotatable bonds is 7. The maximum absolute atomic E-state index is 10.9. The lowest BCUT2D eigenvalue weighted by Gasteiger charge is -2.02. The Balaban J connectivity index is 0.000000319. The van der Waals surface area contributed by atoms with E-state index in [-0.39, 0.29) is 5.97 Å². The van der Waals surface area contributed by atoms with Crippen LogP contribution in [0, 0.1) is 0 Å². The van der Waals surface area contributed by atoms with E-state index in [9.17, 15) is 24.0 Å². The van der Waals surface area contributed by atoms with Gasteiger partial charge in [-0.05, 0) is 28.5 Å². The van der Waals surface area contributed by atoms with Crippen molar-refractivity contribution in [1.29, 1.82) is 0 Å². The Bertz CT molecular complexity index is 1350. The van der Waals surface area contributed by atoms with E-state index in [1.807, 2.05) is 0 Å². The van der Waals surface area contributed by atoms with Gasteiger partial charge in [0.05, 0.1) is 7.11 Å². The molecule has 0 atom stereocenters. The smallest absolute Gasteiger partial charge is 0.333 e. The average molecular weight is 617 g/mol. The quantitative estimate of drug-likeness (QED) is 0.104. The number of esters is 5. The fourth-order valence-electron chi connectivity index (χ4n) is 3.01. The number of methoxy groups -OCH3 is 1. The highest BCUT2D eigenvalue weighted by molar-refractivity contribution is 5.91. The highest BCUT2D eigenvalue weighted by Gasteiger charge is 2.02. The second-order valence-electron chi connectivity index (χ2n) is 8.73. The molecule has 0 aliphatic carbocycles. The summed E-state index contributed by atoms with van der Waals surface area (Å²) in [5.74, 6) is -3.33. The van der Waals surface area contributed by atoms with Crippen LogP contribution in [0.25, 0.3) is 21.5 Å². The topological polar surface area (TPSA) is 132 Å². The Morgan fingerprint density at radius 3 is 0.978 bits per heavy atom. The van der Waals surface area contributed by atoms with Gasteiger partial charge in [0.2, 0.25) is 13.6 Å². The molecule has 4 aromatic carbocycles. The zero-order chi connectivity index (χ0) is 33.5. The number of fused-ring (bicyclic) bond motifs is 2. The van der Waals surface area contributed by atoms with Crippen LogP contribution in [0.4, 0.5) is 0 Å². The first-order valence-electron chi connectivity index (χ1n) is 13.4. The summed E-state index contributed by atoms with van der Waals surface area (Å²) in [4.78, 5) is 52.7. The summed E-state index contributed by atoms with van der Waals surface area (Å²) in [7, 11) is 1.33. The second kappa shape index (κ2) is 21.9. The molecule has 45 heavy (non-hydrogen) atoms. The molecule has 0 spiro atoms. The van der Waals surface area contributed by atoms with Crippen molar-refractivity contribution < 1.29 is 47.7 Å². The highest BCUT2D eigenvalue weighted by atomic mass is 16.7. The first kappa shape index (κ1) is 37.3. The molecule has 0 fully saturated rings. The number of hydrogen-bond donors (Lipinski definition) is 0. The van der Waals surface area contributed by atoms with Gasteiger partial charge in [-0.25, -0.2) is 14.4 Å². The zero-order valence-electron chi connectivity index (χ0n) is 25.6. The van der Waals surface area contributed by atoms with Crippen molar-refractivity contribution in [2.24, 2.45) is 0 Å². The number of benzene rings is 4. The fraction of sp³-hybridized carbons (Fsp3) is 0.171. The van der Waals surface area contributed by atoms with Crippen LogP contribution in [0.15, 0.2) is 121 Å². The number of hydrogen-bond acceptors (Lipinski definition) is 10. The third-order valence-corrected chi connectivity index (χ3v) is 5.13. The molecule has 0 aliphatic heterocycles. The summed E-state index contributed by atoms with van der Waals surface area (Å²) in [5, 5.41) is 5.24. The largest absolute Gasteiger partial charge is 0.466 e. The first-order chi connectivity index (χ1) is 21.5. The van der Waals surface area contributed by atoms with E-state index in [2.05, 4.69) is 127 Å². The van der Waals surface area contributed by atoms with E-state index < -0.39 is 37.5 Å². The van der Waals surface area contributed by atoms with Gasteiger partial charge in [0.1, 0.15) is 0 Å². The summed E-state index contributed by atoms with van der Waals surface area (Å²) in [5.41, 5.74) is 0.433. The van der Waals surface area contributed by atoms with Crippen LogP contribution < -0.4 is 0 Å². The van der Waals surface area contributed by atoms with Crippen LogP contribution in [0.5, 0.6) is 0 Å². The van der Waals surface area contributed by atoms with Gasteiger partial charge in [0.25, 0.3) is 0 Å². The van der Waals surface area contributed by atoms with Crippen LogP contribution >= 0.6 is 0 Å². The summed E-state index contributed by atoms with van der Waals surface area (Å²) >= 11 is 0. The maximum Gasteiger partial charge on any atom is 0.333 e. The average Bonchev–Trinajstić information content (AvgIpc) is 3.04. The molecule has 0 radical (unpaired) electrons. The van der Waals surface area contributed by atoms with Gasteiger partial charge in [0, 0.05) is 31.6 Å². The van der Waals surface area contributed by atoms with Crippen molar-refractivity contribution in [1.82, 2.24) is 0 Å². The first-order valence-corrected chi connectivity index (χ1v) is 13.4. The Kier molecular flexibility index (Phi) is 18.1. The summed E-state index contributed by atoms with van der Waals surface area (Å²) in [6.45, 7) is 6.17. The normalized spacial score (nSPS) is 9.51. The lowest BCUT2D eigenvalue weighted by Crippen LogP contribution is -2.11. The zero-order valence-corrected chi connectivity index (χ0v) is 25.6. The number of ether oxygens (including phenoxy) is 5. The van der Waals surface area contributed by atoms with Crippen molar-refractivity contribution in [3.05, 3.63) is 121 Å². The van der Waals surface area contributed by atoms with Crippen LogP contribution in [0.2, 0.25) is 0 Å². The fourth-order valence-corrected chi connectivity index (χ4v) is 3.01. The molecule has 0 aliphatic rings. The Morgan fingerprint density at radius 1 is 0.533 bits per heavy atom. The Labute approximate surface area is 261 Å². The molecular weight excluding hydrogens is 580 g/mol. The van der Waals surface area contributed by atoms with Gasteiger partial charge >= 0.3 is 29.8 Å². The van der Waals surface area contributed by atoms with E-state index in [1.54, 1.807) is 6.92 Å². The van der Waals surface area contributed by atoms with Crippen molar-refractivity contribution in [3.8, 4) is 0 Å². The van der Waals surface area contributed by atoms with Gasteiger partial charge in [-0.2, -0.15) is 0 Å². The van der Waals surface area contributed by atoms with E-state index in [1.165, 1.54) is 28.7 Å². The van der Waals surface area contributed by atoms with Gasteiger partial charge in [0.15, 0.2) is 0 Å². The maximum atomic E-state index is 10.9. The molecule has 0 N–H and O–H groups in total. The highest BCUT2D eigenvalue weighted by Crippen LogP contribution is 2.12. The van der Waals surface area contributed by atoms with Crippen LogP contribution in [0.1, 0.15) is 20.8 Å². The standard InChI is InChI=1S/C10H12O8.2C10H8.C5H8O2/c1-7(11)15-5-17-9(13)3-4-10(14)18-6-16-8(2)12;2*1-2-6-10-8-4-3-7-9(10)5-1;1-4(2)5(6)7-3/h3-4H,5-6H2,1-2H3;2*1-8H;1H2,2-3H3/b4-3-;;;. The third-order valence-electron chi connectivity index (χ3n) is 5.13. The van der Waals surface area contributed by atoms with E-state index >= 15 is 0 Å². The molecule has 0 aromatic heterocycles. The van der Waals surface area contributed by atoms with Crippen molar-refractivity contribution in [2.75, 3.05) is 20.7 Å². The SMILES string of the molecule is C=C(C)C(=O)OC.CC(=O)OCOC(=O)/C=C\C(=O)OCOC(C)=O.c1ccc2ccccc2c1.c1ccc2ccccc2c1. The van der Waals surface area contributed by atoms with E-state index in [4.69, 9.17) is 0 Å². The molecule has 0 unspecified atom stereocenters. The van der Waals surface area contributed by atoms with Crippen LogP contribution in [-0.4, -0.2) is 50.5 Å². The molecule has 0 saturated carbocycles. The monoisotopic (exact) mass is 616 g/mol. The molecule has 4 rings (SSSR count). The molecule has 0 saturated heterocycles. The van der Waals surface area contributed by atoms with Crippen molar-refractivity contribution in [3.63, 3.8) is 0 Å². The van der Waals surface area contributed by atoms with E-state index in [0.717, 1.165) is 26.0 Å². The Morgan fingerprint density at radius 2 is 0.800 bits per heavy atom. The van der Waals surface area contributed by atoms with Gasteiger partial charge < -0.3 is 23.7 Å². The molecule has 10 heteroatoms. The minimum absolute atomic E-state index is 0.347. The molecule has 0 bridgehead atoms. The second-order valence-corrected chi connectivity index (χ2v) is 8.73. The molecule has 0 heterocycles. The third kappa shape index (κ3) is 17.7. The Hall–Kier alpha value is -5.77.